The van der Waals surface area contributed by atoms with Gasteiger partial charge in [0, 0.05) is 31.1 Å². The van der Waals surface area contributed by atoms with E-state index in [4.69, 9.17) is 0 Å². The smallest absolute Gasteiger partial charge is 0.227 e. The number of nitrogens with zero attached hydrogens (tertiary/aromatic N) is 2. The number of anilines is 1. The normalized spacial score (nSPS) is 19.7. The molecule has 130 valence electrons. The zero-order valence-corrected chi connectivity index (χ0v) is 14.2. The Hall–Kier alpha value is -1.88. The Balaban J connectivity index is 1.34. The first kappa shape index (κ1) is 17.0. The number of rotatable bonds is 6. The standard InChI is InChI=1S/C19H27N3O2/c23-18-8-4-12-22(18)13-5-11-21-14-9-16(10-15-21)19(24)20-17-6-2-1-3-7-17/h1-3,6-7,16H,4-5,8-15H2,(H,20,24). The molecule has 2 saturated heterocycles. The minimum Gasteiger partial charge on any atom is -0.343 e. The van der Waals surface area contributed by atoms with Gasteiger partial charge in [0.25, 0.3) is 0 Å². The quantitative estimate of drug-likeness (QED) is 0.872. The van der Waals surface area contributed by atoms with E-state index in [1.165, 1.54) is 0 Å². The Morgan fingerprint density at radius 1 is 1.08 bits per heavy atom. The number of hydrogen-bond donors (Lipinski definition) is 1. The summed E-state index contributed by atoms with van der Waals surface area (Å²) in [5, 5.41) is 3.01. The molecule has 2 amide bonds. The van der Waals surface area contributed by atoms with E-state index in [-0.39, 0.29) is 11.8 Å². The lowest BCUT2D eigenvalue weighted by Crippen LogP contribution is -2.39. The molecule has 1 aromatic carbocycles. The summed E-state index contributed by atoms with van der Waals surface area (Å²) in [6.45, 7) is 4.78. The molecular weight excluding hydrogens is 302 g/mol. The van der Waals surface area contributed by atoms with E-state index < -0.39 is 0 Å². The molecular formula is C19H27N3O2. The van der Waals surface area contributed by atoms with Crippen molar-refractivity contribution in [2.75, 3.05) is 38.0 Å². The Labute approximate surface area is 144 Å². The van der Waals surface area contributed by atoms with E-state index >= 15 is 0 Å². The number of nitrogens with one attached hydrogen (secondary N) is 1. The fourth-order valence-electron chi connectivity index (χ4n) is 3.61. The summed E-state index contributed by atoms with van der Waals surface area (Å²) in [7, 11) is 0. The molecule has 2 aliphatic rings. The maximum Gasteiger partial charge on any atom is 0.227 e. The minimum absolute atomic E-state index is 0.113. The van der Waals surface area contributed by atoms with Crippen molar-refractivity contribution in [3.8, 4) is 0 Å². The highest BCUT2D eigenvalue weighted by Gasteiger charge is 2.25. The second-order valence-electron chi connectivity index (χ2n) is 6.81. The summed E-state index contributed by atoms with van der Waals surface area (Å²) < 4.78 is 0. The first-order valence-corrected chi connectivity index (χ1v) is 9.08. The largest absolute Gasteiger partial charge is 0.343 e. The first-order chi connectivity index (χ1) is 11.7. The van der Waals surface area contributed by atoms with Gasteiger partial charge in [0.15, 0.2) is 0 Å². The summed E-state index contributed by atoms with van der Waals surface area (Å²) >= 11 is 0. The molecule has 0 saturated carbocycles. The number of carbonyl (C=O) groups is 2. The van der Waals surface area contributed by atoms with Crippen LogP contribution >= 0.6 is 0 Å². The highest BCUT2D eigenvalue weighted by Crippen LogP contribution is 2.20. The van der Waals surface area contributed by atoms with Gasteiger partial charge in [-0.3, -0.25) is 9.59 Å². The van der Waals surface area contributed by atoms with E-state index in [1.807, 2.05) is 35.2 Å². The predicted molar refractivity (Wildman–Crippen MR) is 94.7 cm³/mol. The highest BCUT2D eigenvalue weighted by atomic mass is 16.2. The van der Waals surface area contributed by atoms with Gasteiger partial charge >= 0.3 is 0 Å². The molecule has 0 atom stereocenters. The third-order valence-corrected chi connectivity index (χ3v) is 5.07. The van der Waals surface area contributed by atoms with E-state index in [0.29, 0.717) is 5.91 Å². The van der Waals surface area contributed by atoms with E-state index in [0.717, 1.165) is 70.5 Å². The van der Waals surface area contributed by atoms with Crippen LogP contribution in [0.1, 0.15) is 32.1 Å². The van der Waals surface area contributed by atoms with Crippen molar-refractivity contribution < 1.29 is 9.59 Å². The van der Waals surface area contributed by atoms with Gasteiger partial charge in [0.1, 0.15) is 0 Å². The Morgan fingerprint density at radius 3 is 2.50 bits per heavy atom. The number of para-hydroxylation sites is 1. The van der Waals surface area contributed by atoms with Crippen molar-refractivity contribution >= 4 is 17.5 Å². The topological polar surface area (TPSA) is 52.7 Å². The Kier molecular flexibility index (Phi) is 5.86. The number of benzene rings is 1. The number of amides is 2. The van der Waals surface area contributed by atoms with Crippen molar-refractivity contribution in [2.24, 2.45) is 5.92 Å². The zero-order valence-electron chi connectivity index (χ0n) is 14.2. The molecule has 0 aromatic heterocycles. The second-order valence-corrected chi connectivity index (χ2v) is 6.81. The summed E-state index contributed by atoms with van der Waals surface area (Å²) in [6, 6.07) is 9.66. The fraction of sp³-hybridized carbons (Fsp3) is 0.579. The summed E-state index contributed by atoms with van der Waals surface area (Å²) in [6.07, 6.45) is 4.61. The van der Waals surface area contributed by atoms with Crippen molar-refractivity contribution in [1.82, 2.24) is 9.80 Å². The average Bonchev–Trinajstić information content (AvgIpc) is 3.01. The van der Waals surface area contributed by atoms with Crippen LogP contribution in [0.3, 0.4) is 0 Å². The summed E-state index contributed by atoms with van der Waals surface area (Å²) in [5.74, 6) is 0.566. The van der Waals surface area contributed by atoms with Crippen LogP contribution in [0.2, 0.25) is 0 Å². The molecule has 1 N–H and O–H groups in total. The van der Waals surface area contributed by atoms with Crippen molar-refractivity contribution in [3.05, 3.63) is 30.3 Å². The van der Waals surface area contributed by atoms with Gasteiger partial charge in [0.05, 0.1) is 0 Å². The predicted octanol–water partition coefficient (Wildman–Crippen LogP) is 2.35. The maximum atomic E-state index is 12.3. The molecule has 5 heteroatoms. The van der Waals surface area contributed by atoms with Crippen LogP contribution in [0.15, 0.2) is 30.3 Å². The van der Waals surface area contributed by atoms with Gasteiger partial charge in [-0.25, -0.2) is 0 Å². The number of hydrogen-bond acceptors (Lipinski definition) is 3. The molecule has 1 aromatic rings. The molecule has 0 spiro atoms. The van der Waals surface area contributed by atoms with Gasteiger partial charge in [-0.1, -0.05) is 18.2 Å². The number of likely N-dealkylation sites (tertiary alicyclic amines) is 2. The van der Waals surface area contributed by atoms with Crippen molar-refractivity contribution in [3.63, 3.8) is 0 Å². The van der Waals surface area contributed by atoms with Crippen molar-refractivity contribution in [2.45, 2.75) is 32.1 Å². The van der Waals surface area contributed by atoms with E-state index in [9.17, 15) is 9.59 Å². The SMILES string of the molecule is O=C(Nc1ccccc1)C1CCN(CCCN2CCCC2=O)CC1. The van der Waals surface area contributed by atoms with Gasteiger partial charge in [-0.2, -0.15) is 0 Å². The molecule has 0 unspecified atom stereocenters. The molecule has 5 nitrogen and oxygen atoms in total. The van der Waals surface area contributed by atoms with Crippen LogP contribution in [0.4, 0.5) is 5.69 Å². The molecule has 0 bridgehead atoms. The zero-order chi connectivity index (χ0) is 16.8. The third-order valence-electron chi connectivity index (χ3n) is 5.07. The maximum absolute atomic E-state index is 12.3. The van der Waals surface area contributed by atoms with Gasteiger partial charge in [0.2, 0.25) is 11.8 Å². The average molecular weight is 329 g/mol. The molecule has 2 heterocycles. The Morgan fingerprint density at radius 2 is 1.83 bits per heavy atom. The van der Waals surface area contributed by atoms with Crippen LogP contribution < -0.4 is 5.32 Å². The van der Waals surface area contributed by atoms with E-state index in [1.54, 1.807) is 0 Å². The monoisotopic (exact) mass is 329 g/mol. The lowest BCUT2D eigenvalue weighted by molar-refractivity contribution is -0.128. The minimum atomic E-state index is 0.113. The van der Waals surface area contributed by atoms with Crippen molar-refractivity contribution in [1.29, 1.82) is 0 Å². The fourth-order valence-corrected chi connectivity index (χ4v) is 3.61. The van der Waals surface area contributed by atoms with Gasteiger partial charge < -0.3 is 15.1 Å². The third kappa shape index (κ3) is 4.57. The molecule has 24 heavy (non-hydrogen) atoms. The highest BCUT2D eigenvalue weighted by molar-refractivity contribution is 5.92. The molecule has 2 fully saturated rings. The molecule has 0 radical (unpaired) electrons. The van der Waals surface area contributed by atoms with Crippen LogP contribution in [0, 0.1) is 5.92 Å². The van der Waals surface area contributed by atoms with Gasteiger partial charge in [-0.05, 0) is 57.5 Å². The van der Waals surface area contributed by atoms with Gasteiger partial charge in [-0.15, -0.1) is 0 Å². The number of piperidine rings is 1. The second kappa shape index (κ2) is 8.29. The van der Waals surface area contributed by atoms with E-state index in [2.05, 4.69) is 10.2 Å². The van der Waals surface area contributed by atoms with Crippen LogP contribution in [-0.2, 0) is 9.59 Å². The Bertz CT molecular complexity index is 553. The molecule has 3 rings (SSSR count). The lowest BCUT2D eigenvalue weighted by atomic mass is 9.95. The van der Waals surface area contributed by atoms with Crippen LogP contribution in [-0.4, -0.2) is 54.3 Å². The summed E-state index contributed by atoms with van der Waals surface area (Å²) in [4.78, 5) is 28.3. The molecule has 0 aliphatic carbocycles. The number of carbonyl (C=O) groups excluding carboxylic acids is 2. The lowest BCUT2D eigenvalue weighted by Gasteiger charge is -2.31. The molecule has 2 aliphatic heterocycles. The summed E-state index contributed by atoms with van der Waals surface area (Å²) in [5.41, 5.74) is 0.875. The van der Waals surface area contributed by atoms with Crippen LogP contribution in [0.25, 0.3) is 0 Å². The van der Waals surface area contributed by atoms with Crippen LogP contribution in [0.5, 0.6) is 0 Å². The first-order valence-electron chi connectivity index (χ1n) is 9.08.